The number of methoxy groups -OCH3 is 1. The van der Waals surface area contributed by atoms with Crippen LogP contribution in [-0.2, 0) is 9.53 Å². The van der Waals surface area contributed by atoms with Gasteiger partial charge in [0.2, 0.25) is 0 Å². The number of carbonyl (C=O) groups excluding carboxylic acids is 1. The van der Waals surface area contributed by atoms with E-state index in [0.29, 0.717) is 17.0 Å². The number of aliphatic imine (C=N–C) groups is 1. The van der Waals surface area contributed by atoms with Crippen molar-refractivity contribution in [3.8, 4) is 11.5 Å². The zero-order valence-electron chi connectivity index (χ0n) is 12.6. The van der Waals surface area contributed by atoms with Crippen molar-refractivity contribution >= 4 is 17.8 Å². The molecule has 1 aliphatic heterocycles. The standard InChI is InChI=1S/C16H17NO5/c1-4-22-16(20)14-9(2)17-11(15(14)19)7-10-5-6-12(18)13(8-10)21-3/h5-8,18-19H,4H2,1-3H3/b11-7+. The molecule has 0 saturated heterocycles. The Bertz CT molecular complexity index is 700. The molecule has 1 aromatic rings. The lowest BCUT2D eigenvalue weighted by atomic mass is 10.1. The maximum atomic E-state index is 11.8. The third kappa shape index (κ3) is 2.95. The molecule has 1 aliphatic rings. The monoisotopic (exact) mass is 303 g/mol. The molecule has 0 fully saturated rings. The molecular weight excluding hydrogens is 286 g/mol. The van der Waals surface area contributed by atoms with Crippen molar-refractivity contribution in [3.63, 3.8) is 0 Å². The van der Waals surface area contributed by atoms with Crippen molar-refractivity contribution in [1.29, 1.82) is 0 Å². The zero-order chi connectivity index (χ0) is 16.3. The van der Waals surface area contributed by atoms with Crippen molar-refractivity contribution in [3.05, 3.63) is 40.8 Å². The smallest absolute Gasteiger partial charge is 0.343 e. The van der Waals surface area contributed by atoms with Crippen LogP contribution in [0.15, 0.2) is 40.2 Å². The summed E-state index contributed by atoms with van der Waals surface area (Å²) in [5.74, 6) is -0.499. The second kappa shape index (κ2) is 6.34. The summed E-state index contributed by atoms with van der Waals surface area (Å²) in [4.78, 5) is 16.0. The van der Waals surface area contributed by atoms with Crippen LogP contribution in [0, 0.1) is 0 Å². The van der Waals surface area contributed by atoms with Crippen LogP contribution in [0.3, 0.4) is 0 Å². The van der Waals surface area contributed by atoms with Crippen molar-refractivity contribution in [2.24, 2.45) is 4.99 Å². The van der Waals surface area contributed by atoms with Crippen LogP contribution in [0.2, 0.25) is 0 Å². The minimum Gasteiger partial charge on any atom is -0.505 e. The molecular formula is C16H17NO5. The van der Waals surface area contributed by atoms with E-state index in [-0.39, 0.29) is 29.4 Å². The number of hydrogen-bond acceptors (Lipinski definition) is 6. The highest BCUT2D eigenvalue weighted by atomic mass is 16.5. The number of aromatic hydroxyl groups is 1. The van der Waals surface area contributed by atoms with Gasteiger partial charge in [-0.2, -0.15) is 0 Å². The summed E-state index contributed by atoms with van der Waals surface area (Å²) in [6, 6.07) is 4.72. The lowest BCUT2D eigenvalue weighted by Gasteiger charge is -2.04. The minimum absolute atomic E-state index is 0.0164. The van der Waals surface area contributed by atoms with Crippen LogP contribution in [0.1, 0.15) is 19.4 Å². The van der Waals surface area contributed by atoms with Crippen LogP contribution in [0.25, 0.3) is 6.08 Å². The second-order valence-electron chi connectivity index (χ2n) is 4.60. The second-order valence-corrected chi connectivity index (χ2v) is 4.60. The maximum Gasteiger partial charge on any atom is 0.343 e. The number of carbonyl (C=O) groups is 1. The molecule has 0 radical (unpaired) electrons. The Morgan fingerprint density at radius 3 is 2.73 bits per heavy atom. The molecule has 0 amide bonds. The number of phenolic OH excluding ortho intramolecular Hbond substituents is 1. The molecule has 1 heterocycles. The van der Waals surface area contributed by atoms with Gasteiger partial charge in [0.1, 0.15) is 11.3 Å². The molecule has 0 atom stereocenters. The first-order valence-corrected chi connectivity index (χ1v) is 6.73. The van der Waals surface area contributed by atoms with E-state index in [1.807, 2.05) is 0 Å². The predicted octanol–water partition coefficient (Wildman–Crippen LogP) is 2.59. The number of ether oxygens (including phenoxy) is 2. The fourth-order valence-corrected chi connectivity index (χ4v) is 2.08. The first kappa shape index (κ1) is 15.6. The lowest BCUT2D eigenvalue weighted by Crippen LogP contribution is -2.13. The Hall–Kier alpha value is -2.76. The van der Waals surface area contributed by atoms with E-state index in [0.717, 1.165) is 0 Å². The van der Waals surface area contributed by atoms with Gasteiger partial charge >= 0.3 is 5.97 Å². The van der Waals surface area contributed by atoms with Crippen molar-refractivity contribution < 1.29 is 24.5 Å². The van der Waals surface area contributed by atoms with Crippen LogP contribution >= 0.6 is 0 Å². The molecule has 2 rings (SSSR count). The fraction of sp³-hybridized carbons (Fsp3) is 0.250. The van der Waals surface area contributed by atoms with Gasteiger partial charge in [-0.25, -0.2) is 9.79 Å². The summed E-state index contributed by atoms with van der Waals surface area (Å²) in [5, 5.41) is 19.7. The van der Waals surface area contributed by atoms with E-state index in [1.54, 1.807) is 32.1 Å². The molecule has 0 spiro atoms. The molecule has 0 saturated carbocycles. The van der Waals surface area contributed by atoms with Gasteiger partial charge in [-0.1, -0.05) is 6.07 Å². The summed E-state index contributed by atoms with van der Waals surface area (Å²) in [6.45, 7) is 3.54. The Balaban J connectivity index is 2.39. The third-order valence-corrected chi connectivity index (χ3v) is 3.12. The molecule has 2 N–H and O–H groups in total. The molecule has 0 aromatic heterocycles. The molecule has 6 heteroatoms. The van der Waals surface area contributed by atoms with Gasteiger partial charge in [-0.3, -0.25) is 0 Å². The average molecular weight is 303 g/mol. The van der Waals surface area contributed by atoms with Crippen LogP contribution < -0.4 is 4.74 Å². The van der Waals surface area contributed by atoms with E-state index in [1.165, 1.54) is 13.2 Å². The van der Waals surface area contributed by atoms with Gasteiger partial charge in [-0.15, -0.1) is 0 Å². The first-order valence-electron chi connectivity index (χ1n) is 6.73. The zero-order valence-corrected chi connectivity index (χ0v) is 12.6. The Kier molecular flexibility index (Phi) is 4.50. The quantitative estimate of drug-likeness (QED) is 0.835. The Morgan fingerprint density at radius 1 is 1.36 bits per heavy atom. The third-order valence-electron chi connectivity index (χ3n) is 3.12. The molecule has 0 aliphatic carbocycles. The number of esters is 1. The fourth-order valence-electron chi connectivity index (χ4n) is 2.08. The van der Waals surface area contributed by atoms with Gasteiger partial charge in [0.05, 0.1) is 19.4 Å². The van der Waals surface area contributed by atoms with Gasteiger partial charge < -0.3 is 19.7 Å². The van der Waals surface area contributed by atoms with Crippen molar-refractivity contribution in [2.75, 3.05) is 13.7 Å². The SMILES string of the molecule is CCOC(=O)C1=C(O)/C(=C\c2ccc(O)c(OC)c2)N=C1C. The van der Waals surface area contributed by atoms with Gasteiger partial charge in [0.25, 0.3) is 0 Å². The summed E-state index contributed by atoms with van der Waals surface area (Å²) in [6.07, 6.45) is 1.59. The molecule has 0 bridgehead atoms. The van der Waals surface area contributed by atoms with Gasteiger partial charge in [0.15, 0.2) is 17.3 Å². The largest absolute Gasteiger partial charge is 0.505 e. The summed E-state index contributed by atoms with van der Waals surface area (Å²) in [5.41, 5.74) is 1.39. The number of hydrogen-bond donors (Lipinski definition) is 2. The van der Waals surface area contributed by atoms with Crippen LogP contribution in [0.5, 0.6) is 11.5 Å². The number of benzene rings is 1. The van der Waals surface area contributed by atoms with Crippen LogP contribution in [-0.4, -0.2) is 35.6 Å². The normalized spacial score (nSPS) is 16.0. The molecule has 0 unspecified atom stereocenters. The maximum absolute atomic E-state index is 11.8. The van der Waals surface area contributed by atoms with E-state index in [9.17, 15) is 15.0 Å². The number of aliphatic hydroxyl groups excluding tert-OH is 1. The highest BCUT2D eigenvalue weighted by molar-refractivity contribution is 6.22. The molecule has 116 valence electrons. The van der Waals surface area contributed by atoms with E-state index in [2.05, 4.69) is 4.99 Å². The summed E-state index contributed by atoms with van der Waals surface area (Å²) in [7, 11) is 1.44. The minimum atomic E-state index is -0.604. The highest BCUT2D eigenvalue weighted by Crippen LogP contribution is 2.30. The molecule has 22 heavy (non-hydrogen) atoms. The van der Waals surface area contributed by atoms with Gasteiger partial charge in [-0.05, 0) is 37.6 Å². The number of nitrogens with zero attached hydrogens (tertiary/aromatic N) is 1. The number of rotatable bonds is 4. The lowest BCUT2D eigenvalue weighted by molar-refractivity contribution is -0.138. The summed E-state index contributed by atoms with van der Waals surface area (Å²) >= 11 is 0. The Morgan fingerprint density at radius 2 is 2.09 bits per heavy atom. The first-order chi connectivity index (χ1) is 10.5. The van der Waals surface area contributed by atoms with E-state index < -0.39 is 5.97 Å². The number of aliphatic hydroxyl groups is 1. The molecule has 6 nitrogen and oxygen atoms in total. The number of phenols is 1. The van der Waals surface area contributed by atoms with E-state index in [4.69, 9.17) is 9.47 Å². The Labute approximate surface area is 128 Å². The van der Waals surface area contributed by atoms with Crippen LogP contribution in [0.4, 0.5) is 0 Å². The average Bonchev–Trinajstić information content (AvgIpc) is 2.75. The highest BCUT2D eigenvalue weighted by Gasteiger charge is 2.27. The predicted molar refractivity (Wildman–Crippen MR) is 82.0 cm³/mol. The van der Waals surface area contributed by atoms with Crippen molar-refractivity contribution in [1.82, 2.24) is 0 Å². The summed E-state index contributed by atoms with van der Waals surface area (Å²) < 4.78 is 9.93. The topological polar surface area (TPSA) is 88.4 Å². The van der Waals surface area contributed by atoms with E-state index >= 15 is 0 Å². The van der Waals surface area contributed by atoms with Gasteiger partial charge in [0, 0.05) is 0 Å². The molecule has 1 aromatic carbocycles. The van der Waals surface area contributed by atoms with Crippen molar-refractivity contribution in [2.45, 2.75) is 13.8 Å².